The summed E-state index contributed by atoms with van der Waals surface area (Å²) < 4.78 is 27.1. The van der Waals surface area contributed by atoms with Gasteiger partial charge in [0.15, 0.2) is 4.21 Å². The summed E-state index contributed by atoms with van der Waals surface area (Å²) in [5, 5.41) is 0. The minimum Gasteiger partial charge on any atom is -0.315 e. The summed E-state index contributed by atoms with van der Waals surface area (Å²) in [4.78, 5) is 13.4. The van der Waals surface area contributed by atoms with Gasteiger partial charge in [-0.25, -0.2) is 13.1 Å². The van der Waals surface area contributed by atoms with E-state index in [2.05, 4.69) is 9.71 Å². The molecule has 2 saturated carbocycles. The highest BCUT2D eigenvalue weighted by atomic mass is 32.2. The number of hydrogen-bond acceptors (Lipinski definition) is 4. The molecule has 2 aliphatic carbocycles. The van der Waals surface area contributed by atoms with E-state index in [9.17, 15) is 13.2 Å². The number of aromatic nitrogens is 1. The molecule has 0 saturated heterocycles. The van der Waals surface area contributed by atoms with Crippen LogP contribution in [0.4, 0.5) is 0 Å². The van der Waals surface area contributed by atoms with E-state index in [0.29, 0.717) is 24.1 Å². The van der Waals surface area contributed by atoms with E-state index in [4.69, 9.17) is 0 Å². The van der Waals surface area contributed by atoms with E-state index in [-0.39, 0.29) is 9.08 Å². The first-order chi connectivity index (χ1) is 8.95. The van der Waals surface area contributed by atoms with E-state index in [1.807, 2.05) is 0 Å². The van der Waals surface area contributed by atoms with Crippen molar-refractivity contribution in [1.82, 2.24) is 9.71 Å². The molecule has 1 aromatic rings. The highest BCUT2D eigenvalue weighted by Crippen LogP contribution is 2.48. The van der Waals surface area contributed by atoms with Crippen LogP contribution in [-0.4, -0.2) is 19.9 Å². The largest absolute Gasteiger partial charge is 0.315 e. The van der Waals surface area contributed by atoms with E-state index in [1.54, 1.807) is 6.92 Å². The number of nitrogens with one attached hydrogen (secondary N) is 2. The lowest BCUT2D eigenvalue weighted by atomic mass is 9.89. The van der Waals surface area contributed by atoms with Gasteiger partial charge in [0.1, 0.15) is 0 Å². The lowest BCUT2D eigenvalue weighted by Gasteiger charge is -2.21. The number of sulfonamides is 1. The third kappa shape index (κ3) is 2.51. The molecule has 5 nitrogen and oxygen atoms in total. The quantitative estimate of drug-likeness (QED) is 0.883. The van der Waals surface area contributed by atoms with Crippen molar-refractivity contribution < 1.29 is 8.42 Å². The fourth-order valence-electron chi connectivity index (χ4n) is 3.56. The monoisotopic (exact) mass is 302 g/mol. The summed E-state index contributed by atoms with van der Waals surface area (Å²) in [7, 11) is -3.54. The Hall–Kier alpha value is -0.660. The molecular formula is C12H18N2O3S2. The molecule has 3 atom stereocenters. The Labute approximate surface area is 116 Å². The molecule has 19 heavy (non-hydrogen) atoms. The summed E-state index contributed by atoms with van der Waals surface area (Å²) in [6, 6.07) is 0. The molecule has 2 N–H and O–H groups in total. The second kappa shape index (κ2) is 4.71. The van der Waals surface area contributed by atoms with E-state index < -0.39 is 10.0 Å². The van der Waals surface area contributed by atoms with Crippen LogP contribution in [0.25, 0.3) is 0 Å². The van der Waals surface area contributed by atoms with E-state index >= 15 is 0 Å². The molecule has 2 aliphatic rings. The fraction of sp³-hybridized carbons (Fsp3) is 0.750. The number of fused-ring (bicyclic) bond motifs is 2. The van der Waals surface area contributed by atoms with Crippen LogP contribution in [0.5, 0.6) is 0 Å². The molecule has 2 fully saturated rings. The van der Waals surface area contributed by atoms with Gasteiger partial charge in [0.05, 0.1) is 0 Å². The first-order valence-electron chi connectivity index (χ1n) is 6.65. The van der Waals surface area contributed by atoms with Crippen LogP contribution in [0.3, 0.4) is 0 Å². The summed E-state index contributed by atoms with van der Waals surface area (Å²) in [5.74, 6) is 1.98. The Bertz CT molecular complexity index is 632. The van der Waals surface area contributed by atoms with E-state index in [1.165, 1.54) is 19.3 Å². The minimum absolute atomic E-state index is 0.126. The second-order valence-electron chi connectivity index (χ2n) is 5.71. The molecular weight excluding hydrogens is 284 g/mol. The van der Waals surface area contributed by atoms with Crippen LogP contribution in [0.1, 0.15) is 31.4 Å². The average molecular weight is 302 g/mol. The first-order valence-corrected chi connectivity index (χ1v) is 8.95. The molecule has 2 bridgehead atoms. The Morgan fingerprint density at radius 3 is 2.68 bits per heavy atom. The van der Waals surface area contributed by atoms with Gasteiger partial charge in [0.2, 0.25) is 0 Å². The van der Waals surface area contributed by atoms with Crippen LogP contribution >= 0.6 is 11.3 Å². The molecule has 3 unspecified atom stereocenters. The van der Waals surface area contributed by atoms with Crippen molar-refractivity contribution in [1.29, 1.82) is 0 Å². The van der Waals surface area contributed by atoms with Gasteiger partial charge in [-0.1, -0.05) is 17.8 Å². The van der Waals surface area contributed by atoms with Gasteiger partial charge < -0.3 is 4.98 Å². The smallest absolute Gasteiger partial charge is 0.305 e. The minimum atomic E-state index is -3.54. The van der Waals surface area contributed by atoms with Crippen molar-refractivity contribution in [3.05, 3.63) is 15.4 Å². The van der Waals surface area contributed by atoms with Crippen LogP contribution in [-0.2, 0) is 10.0 Å². The lowest BCUT2D eigenvalue weighted by molar-refractivity contribution is 0.333. The Morgan fingerprint density at radius 2 is 2.16 bits per heavy atom. The normalized spacial score (nSPS) is 30.1. The second-order valence-corrected chi connectivity index (χ2v) is 8.66. The zero-order chi connectivity index (χ0) is 13.6. The topological polar surface area (TPSA) is 79.0 Å². The van der Waals surface area contributed by atoms with Crippen LogP contribution in [0.2, 0.25) is 0 Å². The van der Waals surface area contributed by atoms with Gasteiger partial charge in [-0.3, -0.25) is 4.79 Å². The van der Waals surface area contributed by atoms with Crippen molar-refractivity contribution >= 4 is 21.4 Å². The number of aryl methyl sites for hydroxylation is 1. The Balaban J connectivity index is 1.69. The van der Waals surface area contributed by atoms with Crippen molar-refractivity contribution in [2.24, 2.45) is 17.8 Å². The number of rotatable bonds is 4. The third-order valence-corrected chi connectivity index (χ3v) is 7.47. The molecule has 106 valence electrons. The van der Waals surface area contributed by atoms with Gasteiger partial charge in [0, 0.05) is 12.2 Å². The third-order valence-electron chi connectivity index (χ3n) is 4.45. The zero-order valence-electron chi connectivity index (χ0n) is 10.8. The predicted molar refractivity (Wildman–Crippen MR) is 73.8 cm³/mol. The lowest BCUT2D eigenvalue weighted by Crippen LogP contribution is -2.31. The molecule has 1 heterocycles. The molecule has 0 aromatic carbocycles. The Morgan fingerprint density at radius 1 is 1.37 bits per heavy atom. The maximum atomic E-state index is 12.2. The maximum Gasteiger partial charge on any atom is 0.305 e. The van der Waals surface area contributed by atoms with Gasteiger partial charge >= 0.3 is 4.87 Å². The predicted octanol–water partition coefficient (Wildman–Crippen LogP) is 1.46. The molecule has 0 amide bonds. The van der Waals surface area contributed by atoms with Crippen molar-refractivity contribution in [3.8, 4) is 0 Å². The summed E-state index contributed by atoms with van der Waals surface area (Å²) in [5.41, 5.74) is 0.426. The summed E-state index contributed by atoms with van der Waals surface area (Å²) >= 11 is 0.758. The number of hydrogen-bond donors (Lipinski definition) is 2. The SMILES string of the molecule is Cc1[nH]c(=O)sc1S(=O)(=O)NCC1CC2CCC1C2. The number of H-pyrrole nitrogens is 1. The van der Waals surface area contributed by atoms with Gasteiger partial charge in [-0.15, -0.1) is 0 Å². The highest BCUT2D eigenvalue weighted by Gasteiger charge is 2.39. The highest BCUT2D eigenvalue weighted by molar-refractivity contribution is 7.91. The molecule has 0 spiro atoms. The van der Waals surface area contributed by atoms with Gasteiger partial charge in [0.25, 0.3) is 10.0 Å². The summed E-state index contributed by atoms with van der Waals surface area (Å²) in [6.45, 7) is 2.12. The van der Waals surface area contributed by atoms with Crippen LogP contribution < -0.4 is 9.60 Å². The zero-order valence-corrected chi connectivity index (χ0v) is 12.4. The first kappa shape index (κ1) is 13.3. The maximum absolute atomic E-state index is 12.2. The van der Waals surface area contributed by atoms with Crippen LogP contribution in [0.15, 0.2) is 9.00 Å². The molecule has 0 radical (unpaired) electrons. The fourth-order valence-corrected chi connectivity index (χ4v) is 5.99. The van der Waals surface area contributed by atoms with Crippen molar-refractivity contribution in [2.75, 3.05) is 6.54 Å². The van der Waals surface area contributed by atoms with Crippen LogP contribution in [0, 0.1) is 24.7 Å². The van der Waals surface area contributed by atoms with Crippen molar-refractivity contribution in [2.45, 2.75) is 36.8 Å². The standard InChI is InChI=1S/C12H18N2O3S2/c1-7-11(18-12(15)14-7)19(16,17)13-6-10-5-8-2-3-9(10)4-8/h8-10,13H,2-6H2,1H3,(H,14,15). The molecule has 3 rings (SSSR count). The molecule has 1 aromatic heterocycles. The number of aromatic amines is 1. The average Bonchev–Trinajstić information content (AvgIpc) is 3.02. The summed E-state index contributed by atoms with van der Waals surface area (Å²) in [6.07, 6.45) is 4.97. The van der Waals surface area contributed by atoms with Crippen molar-refractivity contribution in [3.63, 3.8) is 0 Å². The number of thiazole rings is 1. The Kier molecular flexibility index (Phi) is 3.31. The van der Waals surface area contributed by atoms with Gasteiger partial charge in [-0.05, 0) is 43.9 Å². The van der Waals surface area contributed by atoms with E-state index in [0.717, 1.165) is 23.7 Å². The molecule has 0 aliphatic heterocycles. The van der Waals surface area contributed by atoms with Gasteiger partial charge in [-0.2, -0.15) is 0 Å². The molecule has 7 heteroatoms.